The molecule has 4 nitrogen and oxygen atoms in total. The van der Waals surface area contributed by atoms with Crippen LogP contribution in [-0.2, 0) is 18.8 Å². The largest absolute Gasteiger partial charge is 0.305 e. The van der Waals surface area contributed by atoms with E-state index in [2.05, 4.69) is 26.4 Å². The maximum Gasteiger partial charge on any atom is 0.160 e. The van der Waals surface area contributed by atoms with E-state index in [1.807, 2.05) is 25.4 Å². The molecule has 0 radical (unpaired) electrons. The van der Waals surface area contributed by atoms with E-state index in [0.717, 1.165) is 34.0 Å². The van der Waals surface area contributed by atoms with Crippen LogP contribution in [0, 0.1) is 6.92 Å². The third kappa shape index (κ3) is 2.43. The monoisotopic (exact) mass is 306 g/mol. The van der Waals surface area contributed by atoms with E-state index in [0.29, 0.717) is 12.4 Å². The number of aromatic nitrogens is 4. The zero-order valence-corrected chi connectivity index (χ0v) is 13.0. The van der Waals surface area contributed by atoms with Gasteiger partial charge in [-0.05, 0) is 25.0 Å². The van der Waals surface area contributed by atoms with Crippen LogP contribution >= 0.6 is 22.9 Å². The first-order chi connectivity index (χ1) is 9.71. The van der Waals surface area contributed by atoms with Crippen molar-refractivity contribution in [3.8, 4) is 0 Å². The Morgan fingerprint density at radius 1 is 1.30 bits per heavy atom. The quantitative estimate of drug-likeness (QED) is 0.692. The molecule has 3 heterocycles. The predicted octanol–water partition coefficient (Wildman–Crippen LogP) is 3.55. The zero-order chi connectivity index (χ0) is 14.1. The Labute approximate surface area is 126 Å². The fourth-order valence-corrected chi connectivity index (χ4v) is 3.20. The van der Waals surface area contributed by atoms with E-state index in [9.17, 15) is 0 Å². The number of rotatable bonds is 4. The van der Waals surface area contributed by atoms with E-state index in [1.54, 1.807) is 11.3 Å². The predicted molar refractivity (Wildman–Crippen MR) is 82.4 cm³/mol. The average Bonchev–Trinajstić information content (AvgIpc) is 3.03. The highest BCUT2D eigenvalue weighted by Crippen LogP contribution is 2.21. The Morgan fingerprint density at radius 3 is 2.85 bits per heavy atom. The van der Waals surface area contributed by atoms with Crippen LogP contribution in [0.25, 0.3) is 11.2 Å². The first-order valence-electron chi connectivity index (χ1n) is 6.52. The van der Waals surface area contributed by atoms with Crippen molar-refractivity contribution in [1.29, 1.82) is 0 Å². The molecule has 0 bridgehead atoms. The van der Waals surface area contributed by atoms with Gasteiger partial charge in [-0.15, -0.1) is 22.9 Å². The van der Waals surface area contributed by atoms with Crippen LogP contribution in [0.1, 0.15) is 28.2 Å². The van der Waals surface area contributed by atoms with Crippen LogP contribution in [0.5, 0.6) is 0 Å². The molecular formula is C14H15ClN4S. The van der Waals surface area contributed by atoms with Gasteiger partial charge in [-0.25, -0.2) is 15.0 Å². The van der Waals surface area contributed by atoms with Gasteiger partial charge in [0.05, 0.1) is 12.4 Å². The van der Waals surface area contributed by atoms with Crippen molar-refractivity contribution in [2.24, 2.45) is 0 Å². The second kappa shape index (κ2) is 5.50. The highest BCUT2D eigenvalue weighted by Gasteiger charge is 2.13. The molecule has 0 fully saturated rings. The number of hydrogen-bond donors (Lipinski definition) is 0. The maximum atomic E-state index is 6.01. The minimum atomic E-state index is 0.376. The van der Waals surface area contributed by atoms with Crippen molar-refractivity contribution in [2.45, 2.75) is 32.7 Å². The molecule has 0 amide bonds. The SMILES string of the molecule is CCc1cnc(Cn2c(CCl)nc3cc(C)cnc32)s1. The summed E-state index contributed by atoms with van der Waals surface area (Å²) < 4.78 is 2.06. The fraction of sp³-hybridized carbons (Fsp3) is 0.357. The lowest BCUT2D eigenvalue weighted by molar-refractivity contribution is 0.765. The van der Waals surface area contributed by atoms with Gasteiger partial charge in [-0.1, -0.05) is 6.92 Å². The number of alkyl halides is 1. The van der Waals surface area contributed by atoms with Gasteiger partial charge in [0, 0.05) is 17.3 Å². The van der Waals surface area contributed by atoms with Gasteiger partial charge in [-0.2, -0.15) is 0 Å². The van der Waals surface area contributed by atoms with Crippen LogP contribution < -0.4 is 0 Å². The molecule has 20 heavy (non-hydrogen) atoms. The van der Waals surface area contributed by atoms with Crippen LogP contribution in [0.2, 0.25) is 0 Å². The van der Waals surface area contributed by atoms with Crippen molar-refractivity contribution < 1.29 is 0 Å². The van der Waals surface area contributed by atoms with Gasteiger partial charge in [0.2, 0.25) is 0 Å². The lowest BCUT2D eigenvalue weighted by Crippen LogP contribution is -2.04. The molecule has 0 aliphatic heterocycles. The van der Waals surface area contributed by atoms with Gasteiger partial charge in [0.15, 0.2) is 5.65 Å². The first-order valence-corrected chi connectivity index (χ1v) is 7.87. The molecule has 0 spiro atoms. The highest BCUT2D eigenvalue weighted by atomic mass is 35.5. The second-order valence-corrected chi connectivity index (χ2v) is 6.14. The van der Waals surface area contributed by atoms with Crippen LogP contribution in [0.4, 0.5) is 0 Å². The van der Waals surface area contributed by atoms with E-state index in [-0.39, 0.29) is 0 Å². The maximum absolute atomic E-state index is 6.01. The van der Waals surface area contributed by atoms with Gasteiger partial charge in [0.25, 0.3) is 0 Å². The minimum absolute atomic E-state index is 0.376. The second-order valence-electron chi connectivity index (χ2n) is 4.68. The van der Waals surface area contributed by atoms with E-state index >= 15 is 0 Å². The minimum Gasteiger partial charge on any atom is -0.305 e. The van der Waals surface area contributed by atoms with E-state index in [4.69, 9.17) is 11.6 Å². The number of imidazole rings is 1. The molecule has 0 unspecified atom stereocenters. The van der Waals surface area contributed by atoms with Crippen molar-refractivity contribution in [2.75, 3.05) is 0 Å². The van der Waals surface area contributed by atoms with Crippen LogP contribution in [-0.4, -0.2) is 19.5 Å². The Hall–Kier alpha value is -1.46. The zero-order valence-electron chi connectivity index (χ0n) is 11.4. The lowest BCUT2D eigenvalue weighted by atomic mass is 10.3. The van der Waals surface area contributed by atoms with Gasteiger partial charge >= 0.3 is 0 Å². The summed E-state index contributed by atoms with van der Waals surface area (Å²) in [5, 5.41) is 1.06. The molecule has 0 N–H and O–H groups in total. The molecule has 0 saturated heterocycles. The highest BCUT2D eigenvalue weighted by molar-refractivity contribution is 7.11. The van der Waals surface area contributed by atoms with Gasteiger partial charge in [-0.3, -0.25) is 0 Å². The summed E-state index contributed by atoms with van der Waals surface area (Å²) in [5.74, 6) is 1.22. The number of pyridine rings is 1. The summed E-state index contributed by atoms with van der Waals surface area (Å²) in [6.45, 7) is 4.83. The van der Waals surface area contributed by atoms with Gasteiger partial charge < -0.3 is 4.57 Å². The molecule has 0 aliphatic rings. The molecule has 3 rings (SSSR count). The smallest absolute Gasteiger partial charge is 0.160 e. The number of halogens is 1. The number of aryl methyl sites for hydroxylation is 2. The third-order valence-electron chi connectivity index (χ3n) is 3.16. The van der Waals surface area contributed by atoms with Crippen molar-refractivity contribution >= 4 is 34.1 Å². The third-order valence-corrected chi connectivity index (χ3v) is 4.53. The normalized spacial score (nSPS) is 11.3. The van der Waals surface area contributed by atoms with Crippen molar-refractivity contribution in [3.05, 3.63) is 39.7 Å². The topological polar surface area (TPSA) is 43.6 Å². The summed E-state index contributed by atoms with van der Waals surface area (Å²) in [6, 6.07) is 2.04. The molecule has 6 heteroatoms. The molecular weight excluding hydrogens is 292 g/mol. The molecule has 3 aromatic heterocycles. The lowest BCUT2D eigenvalue weighted by Gasteiger charge is -2.04. The Bertz CT molecular complexity index is 747. The summed E-state index contributed by atoms with van der Waals surface area (Å²) in [6.07, 6.45) is 4.82. The summed E-state index contributed by atoms with van der Waals surface area (Å²) >= 11 is 7.75. The molecule has 0 atom stereocenters. The standard InChI is InChI=1S/C14H15ClN4S/c1-3-10-7-16-13(20-10)8-19-12(5-15)18-11-4-9(2)6-17-14(11)19/h4,6-7H,3,5,8H2,1-2H3. The number of fused-ring (bicyclic) bond motifs is 1. The fourth-order valence-electron chi connectivity index (χ4n) is 2.15. The molecule has 104 valence electrons. The Kier molecular flexibility index (Phi) is 3.72. The molecule has 3 aromatic rings. The van der Waals surface area contributed by atoms with Gasteiger partial charge in [0.1, 0.15) is 16.3 Å². The average molecular weight is 307 g/mol. The molecule has 0 aromatic carbocycles. The van der Waals surface area contributed by atoms with Crippen molar-refractivity contribution in [1.82, 2.24) is 19.5 Å². The molecule has 0 aliphatic carbocycles. The number of thiazole rings is 1. The van der Waals surface area contributed by atoms with Crippen LogP contribution in [0.3, 0.4) is 0 Å². The number of nitrogens with zero attached hydrogens (tertiary/aromatic N) is 4. The van der Waals surface area contributed by atoms with Crippen LogP contribution in [0.15, 0.2) is 18.5 Å². The first kappa shape index (κ1) is 13.5. The van der Waals surface area contributed by atoms with E-state index in [1.165, 1.54) is 4.88 Å². The summed E-state index contributed by atoms with van der Waals surface area (Å²) in [5.41, 5.74) is 2.87. The summed E-state index contributed by atoms with van der Waals surface area (Å²) in [4.78, 5) is 14.8. The number of hydrogen-bond acceptors (Lipinski definition) is 4. The summed E-state index contributed by atoms with van der Waals surface area (Å²) in [7, 11) is 0. The molecule has 0 saturated carbocycles. The Balaban J connectivity index is 2.04. The van der Waals surface area contributed by atoms with Crippen molar-refractivity contribution in [3.63, 3.8) is 0 Å². The Morgan fingerprint density at radius 2 is 2.15 bits per heavy atom. The van der Waals surface area contributed by atoms with E-state index < -0.39 is 0 Å².